The second-order valence-electron chi connectivity index (χ2n) is 5.99. The van der Waals surface area contributed by atoms with Crippen molar-refractivity contribution in [3.8, 4) is 0 Å². The van der Waals surface area contributed by atoms with Crippen molar-refractivity contribution in [2.24, 2.45) is 0 Å². The van der Waals surface area contributed by atoms with E-state index in [4.69, 9.17) is 0 Å². The van der Waals surface area contributed by atoms with E-state index in [9.17, 15) is 9.59 Å². The molecule has 26 heavy (non-hydrogen) atoms. The van der Waals surface area contributed by atoms with Gasteiger partial charge in [0.05, 0.1) is 5.56 Å². The first-order valence-electron chi connectivity index (χ1n) is 8.21. The first-order chi connectivity index (χ1) is 12.7. The van der Waals surface area contributed by atoms with Crippen LogP contribution in [-0.2, 0) is 6.54 Å². The van der Waals surface area contributed by atoms with Crippen molar-refractivity contribution in [2.75, 3.05) is 0 Å². The van der Waals surface area contributed by atoms with Gasteiger partial charge in [0.2, 0.25) is 5.56 Å². The second kappa shape index (κ2) is 7.06. The molecule has 6 N–H and O–H groups in total. The molecule has 1 saturated heterocycles. The molecule has 8 nitrogen and oxygen atoms in total. The van der Waals surface area contributed by atoms with Gasteiger partial charge in [0.25, 0.3) is 5.91 Å². The fourth-order valence-corrected chi connectivity index (χ4v) is 2.97. The van der Waals surface area contributed by atoms with E-state index in [1.54, 1.807) is 6.07 Å². The van der Waals surface area contributed by atoms with Gasteiger partial charge in [-0.05, 0) is 17.2 Å². The van der Waals surface area contributed by atoms with Gasteiger partial charge in [-0.1, -0.05) is 42.5 Å². The highest BCUT2D eigenvalue weighted by atomic mass is 16.2. The topological polar surface area (TPSA) is 110 Å². The summed E-state index contributed by atoms with van der Waals surface area (Å²) in [5.41, 5.74) is 14.3. The largest absolute Gasteiger partial charge is 0.348 e. The molecule has 1 fully saturated rings. The number of aromatic amines is 1. The van der Waals surface area contributed by atoms with Crippen LogP contribution in [0, 0.1) is 0 Å². The number of para-hydroxylation sites is 1. The molecule has 0 aliphatic carbocycles. The lowest BCUT2D eigenvalue weighted by Gasteiger charge is -2.12. The first-order valence-corrected chi connectivity index (χ1v) is 8.21. The van der Waals surface area contributed by atoms with Crippen molar-refractivity contribution in [1.29, 1.82) is 0 Å². The highest BCUT2D eigenvalue weighted by Gasteiger charge is 2.15. The third kappa shape index (κ3) is 3.35. The van der Waals surface area contributed by atoms with Crippen LogP contribution in [0.15, 0.2) is 59.4 Å². The lowest BCUT2D eigenvalue weighted by Crippen LogP contribution is -2.33. The number of rotatable bonds is 4. The average molecular weight is 350 g/mol. The third-order valence-electron chi connectivity index (χ3n) is 4.23. The van der Waals surface area contributed by atoms with Crippen LogP contribution >= 0.6 is 0 Å². The minimum absolute atomic E-state index is 0.0673. The fraction of sp³-hybridized carbons (Fsp3) is 0.111. The van der Waals surface area contributed by atoms with Gasteiger partial charge in [0.1, 0.15) is 6.17 Å². The molecule has 0 radical (unpaired) electrons. The SMILES string of the molecule is O=C(NCc1cccc(C2NNNN2)c1)c1cc(=O)[nH]c2ccccc12. The van der Waals surface area contributed by atoms with Crippen molar-refractivity contribution in [2.45, 2.75) is 12.7 Å². The van der Waals surface area contributed by atoms with Gasteiger partial charge in [0.15, 0.2) is 0 Å². The van der Waals surface area contributed by atoms with Crippen LogP contribution in [-0.4, -0.2) is 10.9 Å². The van der Waals surface area contributed by atoms with E-state index in [1.807, 2.05) is 42.5 Å². The van der Waals surface area contributed by atoms with Gasteiger partial charge in [-0.2, -0.15) is 11.1 Å². The van der Waals surface area contributed by atoms with E-state index in [-0.39, 0.29) is 17.6 Å². The quantitative estimate of drug-likeness (QED) is 0.411. The van der Waals surface area contributed by atoms with E-state index in [2.05, 4.69) is 32.2 Å². The van der Waals surface area contributed by atoms with E-state index >= 15 is 0 Å². The Kier molecular flexibility index (Phi) is 4.46. The number of carbonyl (C=O) groups is 1. The predicted molar refractivity (Wildman–Crippen MR) is 97.5 cm³/mol. The summed E-state index contributed by atoms with van der Waals surface area (Å²) in [5, 5.41) is 3.61. The van der Waals surface area contributed by atoms with Crippen LogP contribution in [0.2, 0.25) is 0 Å². The van der Waals surface area contributed by atoms with Crippen molar-refractivity contribution in [3.63, 3.8) is 0 Å². The maximum atomic E-state index is 12.6. The zero-order valence-electron chi connectivity index (χ0n) is 13.8. The maximum Gasteiger partial charge on any atom is 0.252 e. The van der Waals surface area contributed by atoms with Gasteiger partial charge in [-0.25, -0.2) is 10.9 Å². The molecule has 1 amide bonds. The number of pyridine rings is 1. The zero-order valence-corrected chi connectivity index (χ0v) is 13.8. The summed E-state index contributed by atoms with van der Waals surface area (Å²) in [6, 6.07) is 16.4. The number of nitrogens with one attached hydrogen (secondary N) is 6. The highest BCUT2D eigenvalue weighted by molar-refractivity contribution is 6.05. The van der Waals surface area contributed by atoms with Crippen LogP contribution in [0.5, 0.6) is 0 Å². The van der Waals surface area contributed by atoms with Gasteiger partial charge >= 0.3 is 0 Å². The lowest BCUT2D eigenvalue weighted by atomic mass is 10.1. The van der Waals surface area contributed by atoms with Crippen molar-refractivity contribution >= 4 is 16.8 Å². The van der Waals surface area contributed by atoms with Crippen LogP contribution in [0.1, 0.15) is 27.7 Å². The minimum Gasteiger partial charge on any atom is -0.348 e. The van der Waals surface area contributed by atoms with Gasteiger partial charge < -0.3 is 10.3 Å². The lowest BCUT2D eigenvalue weighted by molar-refractivity contribution is 0.0952. The molecule has 3 aromatic rings. The number of fused-ring (bicyclic) bond motifs is 1. The molecule has 1 aliphatic heterocycles. The Morgan fingerprint density at radius 2 is 1.81 bits per heavy atom. The summed E-state index contributed by atoms with van der Waals surface area (Å²) in [7, 11) is 0. The summed E-state index contributed by atoms with van der Waals surface area (Å²) in [6.07, 6.45) is -0.0673. The summed E-state index contributed by atoms with van der Waals surface area (Å²) >= 11 is 0. The van der Waals surface area contributed by atoms with Gasteiger partial charge in [-0.15, -0.1) is 0 Å². The molecule has 8 heteroatoms. The van der Waals surface area contributed by atoms with E-state index < -0.39 is 0 Å². The Bertz CT molecular complexity index is 1010. The zero-order chi connectivity index (χ0) is 17.9. The Morgan fingerprint density at radius 1 is 1.00 bits per heavy atom. The van der Waals surface area contributed by atoms with Crippen LogP contribution in [0.3, 0.4) is 0 Å². The second-order valence-corrected chi connectivity index (χ2v) is 5.99. The summed E-state index contributed by atoms with van der Waals surface area (Å²) in [6.45, 7) is 0.362. The average Bonchev–Trinajstić information content (AvgIpc) is 3.20. The molecule has 1 aliphatic rings. The third-order valence-corrected chi connectivity index (χ3v) is 4.23. The molecular formula is C18H18N6O2. The Labute approximate surface area is 148 Å². The number of carbonyl (C=O) groups excluding carboxylic acids is 1. The predicted octanol–water partition coefficient (Wildman–Crippen LogP) is 0.574. The van der Waals surface area contributed by atoms with Crippen molar-refractivity contribution in [3.05, 3.63) is 81.6 Å². The highest BCUT2D eigenvalue weighted by Crippen LogP contribution is 2.15. The van der Waals surface area contributed by atoms with Gasteiger partial charge in [0, 0.05) is 23.5 Å². The molecule has 2 aromatic carbocycles. The Balaban J connectivity index is 1.53. The standard InChI is InChI=1S/C18H18N6O2/c25-16-9-14(13-6-1-2-7-15(13)20-16)18(26)19-10-11-4-3-5-12(8-11)17-21-23-24-22-17/h1-9,17,21-24H,10H2,(H,19,26)(H,20,25). The molecule has 0 bridgehead atoms. The molecular weight excluding hydrogens is 332 g/mol. The monoisotopic (exact) mass is 350 g/mol. The van der Waals surface area contributed by atoms with Crippen molar-refractivity contribution < 1.29 is 4.79 Å². The van der Waals surface area contributed by atoms with E-state index in [0.717, 1.165) is 16.5 Å². The molecule has 1 aromatic heterocycles. The number of aromatic nitrogens is 1. The molecule has 2 heterocycles. The summed E-state index contributed by atoms with van der Waals surface area (Å²) in [5.74, 6) is -0.279. The van der Waals surface area contributed by atoms with Crippen LogP contribution in [0.25, 0.3) is 10.9 Å². The minimum atomic E-state index is -0.297. The van der Waals surface area contributed by atoms with Crippen LogP contribution < -0.4 is 32.8 Å². The number of benzene rings is 2. The number of amides is 1. The molecule has 132 valence electrons. The number of H-pyrrole nitrogens is 1. The Morgan fingerprint density at radius 3 is 2.65 bits per heavy atom. The Hall–Kier alpha value is -3.04. The normalized spacial score (nSPS) is 14.6. The molecule has 4 rings (SSSR count). The number of hydrogen-bond donors (Lipinski definition) is 6. The number of hydrazine groups is 3. The summed E-state index contributed by atoms with van der Waals surface area (Å²) in [4.78, 5) is 27.2. The smallest absolute Gasteiger partial charge is 0.252 e. The van der Waals surface area contributed by atoms with Gasteiger partial charge in [-0.3, -0.25) is 9.59 Å². The first kappa shape index (κ1) is 16.4. The molecule has 0 saturated carbocycles. The fourth-order valence-electron chi connectivity index (χ4n) is 2.97. The summed E-state index contributed by atoms with van der Waals surface area (Å²) < 4.78 is 0. The molecule has 0 atom stereocenters. The van der Waals surface area contributed by atoms with Crippen molar-refractivity contribution in [1.82, 2.24) is 32.2 Å². The van der Waals surface area contributed by atoms with Crippen LogP contribution in [0.4, 0.5) is 0 Å². The number of hydrogen-bond acceptors (Lipinski definition) is 6. The molecule has 0 unspecified atom stereocenters. The van der Waals surface area contributed by atoms with E-state index in [0.29, 0.717) is 17.6 Å². The molecule has 0 spiro atoms. The maximum absolute atomic E-state index is 12.6. The van der Waals surface area contributed by atoms with E-state index in [1.165, 1.54) is 6.07 Å².